The van der Waals surface area contributed by atoms with Crippen molar-refractivity contribution < 1.29 is 0 Å². The van der Waals surface area contributed by atoms with Crippen molar-refractivity contribution in [3.63, 3.8) is 0 Å². The Morgan fingerprint density at radius 2 is 1.15 bits per heavy atom. The molecule has 0 atom stereocenters. The normalized spacial score (nSPS) is 12.2. The molecule has 0 saturated heterocycles. The van der Waals surface area contributed by atoms with E-state index in [9.17, 15) is 0 Å². The van der Waals surface area contributed by atoms with Crippen LogP contribution in [-0.2, 0) is 0 Å². The standard InChI is InChI=1S/C42H28N4/c1-4-14-29(15-5-1)36-28-40(44-42(43-36)31-17-6-2-7-18-31)46-38-23-13-11-21-33(38)34-26-27-39-35(41(34)46)25-24-30-16-10-12-22-37(30)45(39)32-19-8-3-9-20-32/h1-28H. The second kappa shape index (κ2) is 10.7. The lowest BCUT2D eigenvalue weighted by atomic mass is 10.0. The second-order valence-electron chi connectivity index (χ2n) is 11.5. The Bertz CT molecular complexity index is 2350. The number of hydrogen-bond donors (Lipinski definition) is 0. The maximum atomic E-state index is 5.28. The number of benzene rings is 6. The van der Waals surface area contributed by atoms with Crippen molar-refractivity contribution in [2.75, 3.05) is 4.90 Å². The van der Waals surface area contributed by atoms with Gasteiger partial charge in [0.2, 0.25) is 0 Å². The molecule has 9 rings (SSSR count). The Kier molecular flexibility index (Phi) is 6.10. The molecule has 0 bridgehead atoms. The number of anilines is 3. The van der Waals surface area contributed by atoms with Crippen molar-refractivity contribution in [3.8, 4) is 28.5 Å². The molecule has 0 unspecified atom stereocenters. The average Bonchev–Trinajstić information content (AvgIpc) is 3.37. The van der Waals surface area contributed by atoms with Crippen LogP contribution in [0.1, 0.15) is 11.1 Å². The molecule has 1 aliphatic heterocycles. The van der Waals surface area contributed by atoms with Crippen LogP contribution in [0.4, 0.5) is 17.1 Å². The molecule has 46 heavy (non-hydrogen) atoms. The molecular formula is C42H28N4. The summed E-state index contributed by atoms with van der Waals surface area (Å²) in [5.41, 5.74) is 10.8. The van der Waals surface area contributed by atoms with Crippen LogP contribution in [-0.4, -0.2) is 14.5 Å². The number of aromatic nitrogens is 3. The van der Waals surface area contributed by atoms with E-state index in [1.165, 1.54) is 10.8 Å². The smallest absolute Gasteiger partial charge is 0.162 e. The van der Waals surface area contributed by atoms with Crippen molar-refractivity contribution in [1.29, 1.82) is 0 Å². The van der Waals surface area contributed by atoms with Crippen LogP contribution >= 0.6 is 0 Å². The summed E-state index contributed by atoms with van der Waals surface area (Å²) in [5, 5.41) is 2.36. The molecule has 0 N–H and O–H groups in total. The highest BCUT2D eigenvalue weighted by atomic mass is 15.2. The van der Waals surface area contributed by atoms with E-state index in [-0.39, 0.29) is 0 Å². The van der Waals surface area contributed by atoms with Gasteiger partial charge in [-0.2, -0.15) is 0 Å². The third-order valence-electron chi connectivity index (χ3n) is 8.76. The fraction of sp³-hybridized carbons (Fsp3) is 0. The first kappa shape index (κ1) is 26.2. The molecule has 0 spiro atoms. The zero-order chi connectivity index (χ0) is 30.5. The van der Waals surface area contributed by atoms with Crippen LogP contribution in [0.5, 0.6) is 0 Å². The van der Waals surface area contributed by atoms with Crippen molar-refractivity contribution in [1.82, 2.24) is 14.5 Å². The number of nitrogens with zero attached hydrogens (tertiary/aromatic N) is 4. The molecule has 0 aliphatic carbocycles. The van der Waals surface area contributed by atoms with E-state index < -0.39 is 0 Å². The first-order valence-electron chi connectivity index (χ1n) is 15.5. The van der Waals surface area contributed by atoms with Gasteiger partial charge < -0.3 is 4.90 Å². The first-order chi connectivity index (χ1) is 22.8. The number of hydrogen-bond acceptors (Lipinski definition) is 3. The molecule has 3 heterocycles. The monoisotopic (exact) mass is 588 g/mol. The summed E-state index contributed by atoms with van der Waals surface area (Å²) in [7, 11) is 0. The Morgan fingerprint density at radius 3 is 1.96 bits per heavy atom. The number of fused-ring (bicyclic) bond motifs is 6. The van der Waals surface area contributed by atoms with Gasteiger partial charge in [0.25, 0.3) is 0 Å². The summed E-state index contributed by atoms with van der Waals surface area (Å²) in [6, 6.07) is 55.1. The molecule has 4 nitrogen and oxygen atoms in total. The first-order valence-corrected chi connectivity index (χ1v) is 15.5. The molecule has 4 heteroatoms. The molecule has 0 amide bonds. The summed E-state index contributed by atoms with van der Waals surface area (Å²) in [4.78, 5) is 12.7. The number of para-hydroxylation sites is 3. The largest absolute Gasteiger partial charge is 0.309 e. The maximum Gasteiger partial charge on any atom is 0.162 e. The fourth-order valence-electron chi connectivity index (χ4n) is 6.68. The van der Waals surface area contributed by atoms with Gasteiger partial charge in [-0.3, -0.25) is 4.57 Å². The van der Waals surface area contributed by atoms with Gasteiger partial charge in [-0.1, -0.05) is 133 Å². The SMILES string of the molecule is C1=Cc2c(ccc3c4ccccc4n(-c4cc(-c5ccccc5)nc(-c5ccccc5)n4)c23)N(c2ccccc2)c2ccccc21. The van der Waals surface area contributed by atoms with E-state index in [1.54, 1.807) is 0 Å². The van der Waals surface area contributed by atoms with Crippen LogP contribution < -0.4 is 4.90 Å². The molecule has 6 aromatic carbocycles. The minimum atomic E-state index is 0.693. The molecular weight excluding hydrogens is 560 g/mol. The van der Waals surface area contributed by atoms with Crippen LogP contribution in [0.25, 0.3) is 62.4 Å². The number of rotatable bonds is 4. The summed E-state index contributed by atoms with van der Waals surface area (Å²) >= 11 is 0. The van der Waals surface area contributed by atoms with E-state index in [1.807, 2.05) is 24.3 Å². The lowest BCUT2D eigenvalue weighted by Crippen LogP contribution is -2.12. The van der Waals surface area contributed by atoms with Crippen molar-refractivity contribution in [2.24, 2.45) is 0 Å². The quantitative estimate of drug-likeness (QED) is 0.205. The summed E-state index contributed by atoms with van der Waals surface area (Å²) in [5.74, 6) is 1.52. The van der Waals surface area contributed by atoms with Crippen molar-refractivity contribution in [2.45, 2.75) is 0 Å². The van der Waals surface area contributed by atoms with Crippen molar-refractivity contribution >= 4 is 51.0 Å². The lowest BCUT2D eigenvalue weighted by molar-refractivity contribution is 1.05. The molecule has 0 fully saturated rings. The Labute approximate surface area is 267 Å². The highest BCUT2D eigenvalue weighted by molar-refractivity contribution is 6.15. The lowest BCUT2D eigenvalue weighted by Gasteiger charge is -2.27. The molecule has 2 aromatic heterocycles. The van der Waals surface area contributed by atoms with Crippen LogP contribution in [0.15, 0.2) is 158 Å². The Morgan fingerprint density at radius 1 is 0.478 bits per heavy atom. The third-order valence-corrected chi connectivity index (χ3v) is 8.76. The minimum Gasteiger partial charge on any atom is -0.309 e. The predicted octanol–water partition coefficient (Wildman–Crippen LogP) is 10.9. The topological polar surface area (TPSA) is 34.0 Å². The maximum absolute atomic E-state index is 5.28. The second-order valence-corrected chi connectivity index (χ2v) is 11.5. The summed E-state index contributed by atoms with van der Waals surface area (Å²) in [6.45, 7) is 0. The highest BCUT2D eigenvalue weighted by Gasteiger charge is 2.25. The van der Waals surface area contributed by atoms with E-state index in [2.05, 4.69) is 155 Å². The van der Waals surface area contributed by atoms with Crippen LogP contribution in [0.3, 0.4) is 0 Å². The predicted molar refractivity (Wildman–Crippen MR) is 191 cm³/mol. The van der Waals surface area contributed by atoms with E-state index >= 15 is 0 Å². The van der Waals surface area contributed by atoms with E-state index in [0.29, 0.717) is 5.82 Å². The van der Waals surface area contributed by atoms with Gasteiger partial charge >= 0.3 is 0 Å². The third kappa shape index (κ3) is 4.23. The zero-order valence-electron chi connectivity index (χ0n) is 25.0. The van der Waals surface area contributed by atoms with E-state index in [0.717, 1.165) is 61.9 Å². The molecule has 0 radical (unpaired) electrons. The Hall–Kier alpha value is -6.26. The highest BCUT2D eigenvalue weighted by Crippen LogP contribution is 2.46. The van der Waals surface area contributed by atoms with Gasteiger partial charge in [-0.25, -0.2) is 9.97 Å². The summed E-state index contributed by atoms with van der Waals surface area (Å²) < 4.78 is 2.33. The van der Waals surface area contributed by atoms with Gasteiger partial charge in [0.05, 0.1) is 28.1 Å². The molecule has 216 valence electrons. The van der Waals surface area contributed by atoms with Gasteiger partial charge in [0.15, 0.2) is 5.82 Å². The van der Waals surface area contributed by atoms with Gasteiger partial charge in [-0.05, 0) is 35.9 Å². The molecule has 8 aromatic rings. The van der Waals surface area contributed by atoms with Gasteiger partial charge in [0.1, 0.15) is 5.82 Å². The molecule has 1 aliphatic rings. The van der Waals surface area contributed by atoms with E-state index in [4.69, 9.17) is 9.97 Å². The summed E-state index contributed by atoms with van der Waals surface area (Å²) in [6.07, 6.45) is 4.51. The fourth-order valence-corrected chi connectivity index (χ4v) is 6.68. The Balaban J connectivity index is 1.39. The van der Waals surface area contributed by atoms with Crippen LogP contribution in [0.2, 0.25) is 0 Å². The average molecular weight is 589 g/mol. The van der Waals surface area contributed by atoms with Gasteiger partial charge in [-0.15, -0.1) is 0 Å². The molecule has 0 saturated carbocycles. The minimum absolute atomic E-state index is 0.693. The van der Waals surface area contributed by atoms with Gasteiger partial charge in [0, 0.05) is 39.2 Å². The van der Waals surface area contributed by atoms with Crippen LogP contribution in [0, 0.1) is 0 Å². The zero-order valence-corrected chi connectivity index (χ0v) is 25.0. The van der Waals surface area contributed by atoms with Crippen molar-refractivity contribution in [3.05, 3.63) is 169 Å².